The summed E-state index contributed by atoms with van der Waals surface area (Å²) in [5, 5.41) is 8.55. The quantitative estimate of drug-likeness (QED) is 0.553. The number of benzene rings is 1. The molecule has 0 bridgehead atoms. The smallest absolute Gasteiger partial charge is 0.163 e. The lowest BCUT2D eigenvalue weighted by molar-refractivity contribution is 0.628. The van der Waals surface area contributed by atoms with E-state index in [0.717, 1.165) is 28.0 Å². The van der Waals surface area contributed by atoms with Crippen LogP contribution in [0.25, 0.3) is 28.0 Å². The molecule has 0 radical (unpaired) electrons. The van der Waals surface area contributed by atoms with Crippen molar-refractivity contribution in [2.45, 2.75) is 0 Å². The molecule has 0 spiro atoms. The molecule has 0 aliphatic heterocycles. The van der Waals surface area contributed by atoms with Crippen LogP contribution in [0.15, 0.2) is 59.6 Å². The Hall–Kier alpha value is -2.53. The summed E-state index contributed by atoms with van der Waals surface area (Å²) >= 11 is 1.64. The Morgan fingerprint density at radius 3 is 2.62 bits per heavy atom. The maximum atomic E-state index is 13.1. The van der Waals surface area contributed by atoms with Crippen LogP contribution in [-0.2, 0) is 0 Å². The Bertz CT molecular complexity index is 895. The average molecular weight is 295 g/mol. The summed E-state index contributed by atoms with van der Waals surface area (Å²) in [5.41, 5.74) is 4.68. The molecule has 3 heterocycles. The van der Waals surface area contributed by atoms with E-state index in [1.54, 1.807) is 35.9 Å². The maximum absolute atomic E-state index is 13.1. The van der Waals surface area contributed by atoms with Crippen LogP contribution in [-0.4, -0.2) is 14.6 Å². The van der Waals surface area contributed by atoms with Crippen LogP contribution in [0.1, 0.15) is 0 Å². The topological polar surface area (TPSA) is 30.2 Å². The Morgan fingerprint density at radius 1 is 1.00 bits per heavy atom. The highest BCUT2D eigenvalue weighted by molar-refractivity contribution is 7.08. The monoisotopic (exact) mass is 295 g/mol. The fourth-order valence-corrected chi connectivity index (χ4v) is 3.00. The minimum absolute atomic E-state index is 0.248. The largest absolute Gasteiger partial charge is 0.236 e. The van der Waals surface area contributed by atoms with Crippen molar-refractivity contribution in [1.82, 2.24) is 14.6 Å². The first-order chi connectivity index (χ1) is 10.3. The van der Waals surface area contributed by atoms with E-state index >= 15 is 0 Å². The summed E-state index contributed by atoms with van der Waals surface area (Å²) < 4.78 is 14.9. The van der Waals surface area contributed by atoms with Crippen LogP contribution in [0.5, 0.6) is 0 Å². The van der Waals surface area contributed by atoms with Crippen LogP contribution < -0.4 is 0 Å². The van der Waals surface area contributed by atoms with Crippen LogP contribution in [0.2, 0.25) is 0 Å². The van der Waals surface area contributed by atoms with Gasteiger partial charge in [0.15, 0.2) is 5.65 Å². The molecule has 3 nitrogen and oxygen atoms in total. The Morgan fingerprint density at radius 2 is 1.86 bits per heavy atom. The summed E-state index contributed by atoms with van der Waals surface area (Å²) in [6, 6.07) is 10.4. The molecule has 0 N–H and O–H groups in total. The maximum Gasteiger partial charge on any atom is 0.163 e. The van der Waals surface area contributed by atoms with Gasteiger partial charge < -0.3 is 0 Å². The van der Waals surface area contributed by atoms with Crippen LogP contribution in [0.4, 0.5) is 4.39 Å². The van der Waals surface area contributed by atoms with Crippen LogP contribution in [0, 0.1) is 5.82 Å². The molecule has 0 aliphatic rings. The summed E-state index contributed by atoms with van der Waals surface area (Å²) in [5.74, 6) is -0.248. The zero-order chi connectivity index (χ0) is 14.2. The highest BCUT2D eigenvalue weighted by Crippen LogP contribution is 2.27. The van der Waals surface area contributed by atoms with Crippen LogP contribution >= 0.6 is 11.3 Å². The van der Waals surface area contributed by atoms with E-state index in [-0.39, 0.29) is 5.82 Å². The minimum Gasteiger partial charge on any atom is -0.236 e. The Labute approximate surface area is 124 Å². The number of hydrogen-bond acceptors (Lipinski definition) is 3. The summed E-state index contributed by atoms with van der Waals surface area (Å²) in [6.07, 6.45) is 3.54. The number of thiophene rings is 1. The molecule has 1 aromatic carbocycles. The molecule has 21 heavy (non-hydrogen) atoms. The number of aromatic nitrogens is 3. The number of halogens is 1. The molecule has 0 aliphatic carbocycles. The van der Waals surface area contributed by atoms with E-state index in [2.05, 4.69) is 21.5 Å². The molecule has 0 saturated carbocycles. The second-order valence-corrected chi connectivity index (χ2v) is 5.42. The highest BCUT2D eigenvalue weighted by atomic mass is 32.1. The molecule has 4 aromatic rings. The van der Waals surface area contributed by atoms with Gasteiger partial charge in [-0.05, 0) is 35.2 Å². The summed E-state index contributed by atoms with van der Waals surface area (Å²) in [7, 11) is 0. The zero-order valence-corrected chi connectivity index (χ0v) is 11.7. The van der Waals surface area contributed by atoms with Crippen molar-refractivity contribution >= 4 is 17.0 Å². The van der Waals surface area contributed by atoms with E-state index in [0.29, 0.717) is 0 Å². The SMILES string of the molecule is Fc1ccc(-c2cnn3c(-c4ccsc4)ccnc23)cc1. The first-order valence-electron chi connectivity index (χ1n) is 6.44. The fourth-order valence-electron chi connectivity index (χ4n) is 2.35. The molecular weight excluding hydrogens is 285 g/mol. The molecule has 0 saturated heterocycles. The predicted molar refractivity (Wildman–Crippen MR) is 81.7 cm³/mol. The zero-order valence-electron chi connectivity index (χ0n) is 10.9. The average Bonchev–Trinajstić information content (AvgIpc) is 3.17. The molecule has 102 valence electrons. The van der Waals surface area contributed by atoms with Gasteiger partial charge in [0.05, 0.1) is 11.9 Å². The predicted octanol–water partition coefficient (Wildman–Crippen LogP) is 4.26. The van der Waals surface area contributed by atoms with E-state index in [9.17, 15) is 4.39 Å². The number of hydrogen-bond donors (Lipinski definition) is 0. The van der Waals surface area contributed by atoms with Crippen molar-refractivity contribution in [3.63, 3.8) is 0 Å². The second-order valence-electron chi connectivity index (χ2n) is 4.64. The third-order valence-corrected chi connectivity index (χ3v) is 4.06. The molecule has 3 aromatic heterocycles. The third-order valence-electron chi connectivity index (χ3n) is 3.37. The number of fused-ring (bicyclic) bond motifs is 1. The lowest BCUT2D eigenvalue weighted by atomic mass is 10.1. The molecular formula is C16H10FN3S. The normalized spacial score (nSPS) is 11.1. The molecule has 0 unspecified atom stereocenters. The molecule has 5 heteroatoms. The van der Waals surface area contributed by atoms with Crippen molar-refractivity contribution in [3.05, 3.63) is 65.4 Å². The van der Waals surface area contributed by atoms with Crippen molar-refractivity contribution < 1.29 is 4.39 Å². The first kappa shape index (κ1) is 12.2. The van der Waals surface area contributed by atoms with Crippen molar-refractivity contribution in [3.8, 4) is 22.4 Å². The third kappa shape index (κ3) is 2.02. The van der Waals surface area contributed by atoms with Gasteiger partial charge in [-0.1, -0.05) is 12.1 Å². The minimum atomic E-state index is -0.248. The molecule has 4 rings (SSSR count). The standard InChI is InChI=1S/C16H10FN3S/c17-13-3-1-11(2-4-13)14-9-19-20-15(5-7-18-16(14)20)12-6-8-21-10-12/h1-10H. The van der Waals surface area contributed by atoms with Gasteiger partial charge >= 0.3 is 0 Å². The van der Waals surface area contributed by atoms with Gasteiger partial charge in [0, 0.05) is 22.7 Å². The summed E-state index contributed by atoms with van der Waals surface area (Å²) in [4.78, 5) is 4.42. The van der Waals surface area contributed by atoms with Gasteiger partial charge in [-0.15, -0.1) is 0 Å². The van der Waals surface area contributed by atoms with E-state index < -0.39 is 0 Å². The van der Waals surface area contributed by atoms with Gasteiger partial charge in [0.1, 0.15) is 5.82 Å². The van der Waals surface area contributed by atoms with E-state index in [1.165, 1.54) is 12.1 Å². The fraction of sp³-hybridized carbons (Fsp3) is 0. The van der Waals surface area contributed by atoms with Gasteiger partial charge in [-0.3, -0.25) is 0 Å². The Kier molecular flexibility index (Phi) is 2.79. The van der Waals surface area contributed by atoms with Gasteiger partial charge in [-0.2, -0.15) is 16.4 Å². The van der Waals surface area contributed by atoms with Crippen molar-refractivity contribution in [2.75, 3.05) is 0 Å². The number of rotatable bonds is 2. The number of nitrogens with zero attached hydrogens (tertiary/aromatic N) is 3. The molecule has 0 fully saturated rings. The lowest BCUT2D eigenvalue weighted by Gasteiger charge is -2.03. The van der Waals surface area contributed by atoms with Crippen LogP contribution in [0.3, 0.4) is 0 Å². The van der Waals surface area contributed by atoms with Gasteiger partial charge in [0.25, 0.3) is 0 Å². The molecule has 0 amide bonds. The van der Waals surface area contributed by atoms with Crippen molar-refractivity contribution in [1.29, 1.82) is 0 Å². The summed E-state index contributed by atoms with van der Waals surface area (Å²) in [6.45, 7) is 0. The first-order valence-corrected chi connectivity index (χ1v) is 7.38. The van der Waals surface area contributed by atoms with E-state index in [1.807, 2.05) is 16.0 Å². The van der Waals surface area contributed by atoms with Crippen molar-refractivity contribution in [2.24, 2.45) is 0 Å². The van der Waals surface area contributed by atoms with E-state index in [4.69, 9.17) is 0 Å². The lowest BCUT2D eigenvalue weighted by Crippen LogP contribution is -1.94. The van der Waals surface area contributed by atoms with Gasteiger partial charge in [-0.25, -0.2) is 13.9 Å². The molecule has 0 atom stereocenters. The highest BCUT2D eigenvalue weighted by Gasteiger charge is 2.11. The van der Waals surface area contributed by atoms with Gasteiger partial charge in [0.2, 0.25) is 0 Å². The second kappa shape index (κ2) is 4.79. The Balaban J connectivity index is 1.93.